The van der Waals surface area contributed by atoms with Crippen LogP contribution in [0.5, 0.6) is 0 Å². The van der Waals surface area contributed by atoms with Crippen LogP contribution < -0.4 is 11.1 Å². The van der Waals surface area contributed by atoms with Gasteiger partial charge in [0.2, 0.25) is 0 Å². The molecule has 0 spiro atoms. The van der Waals surface area contributed by atoms with Crippen LogP contribution in [0.1, 0.15) is 39.5 Å². The van der Waals surface area contributed by atoms with E-state index in [1.165, 1.54) is 6.42 Å². The predicted molar refractivity (Wildman–Crippen MR) is 85.8 cm³/mol. The zero-order chi connectivity index (χ0) is 15.6. The summed E-state index contributed by atoms with van der Waals surface area (Å²) >= 11 is 0. The zero-order valence-corrected chi connectivity index (χ0v) is 13.6. The molecule has 0 aromatic rings. The normalized spacial score (nSPS) is 18.1. The van der Waals surface area contributed by atoms with E-state index in [9.17, 15) is 0 Å². The molecule has 0 aromatic heterocycles. The lowest BCUT2D eigenvalue weighted by molar-refractivity contribution is 0.0374. The van der Waals surface area contributed by atoms with Crippen molar-refractivity contribution in [3.63, 3.8) is 0 Å². The lowest BCUT2D eigenvalue weighted by atomic mass is 9.86. The molecule has 1 fully saturated rings. The third-order valence-electron chi connectivity index (χ3n) is 4.14. The summed E-state index contributed by atoms with van der Waals surface area (Å²) in [5, 5.41) is 15.3. The standard InChI is InChI=1S/C15H32N4O2/c1-15(2,14(16)18-20)6-3-4-7-17-8-5-9-19-10-12-21-13-11-19/h17,20H,3-13H2,1-2H3,(H2,16,18). The van der Waals surface area contributed by atoms with E-state index in [-0.39, 0.29) is 5.41 Å². The van der Waals surface area contributed by atoms with Crippen molar-refractivity contribution in [2.24, 2.45) is 16.3 Å². The Balaban J connectivity index is 1.92. The Bertz CT molecular complexity index is 302. The highest BCUT2D eigenvalue weighted by atomic mass is 16.5. The Hall–Kier alpha value is -0.850. The summed E-state index contributed by atoms with van der Waals surface area (Å²) < 4.78 is 5.33. The van der Waals surface area contributed by atoms with Gasteiger partial charge in [-0.3, -0.25) is 4.90 Å². The van der Waals surface area contributed by atoms with E-state index in [1.807, 2.05) is 13.8 Å². The number of ether oxygens (including phenoxy) is 1. The van der Waals surface area contributed by atoms with Crippen molar-refractivity contribution in [1.82, 2.24) is 10.2 Å². The molecule has 0 aromatic carbocycles. The number of nitrogens with zero attached hydrogens (tertiary/aromatic N) is 2. The van der Waals surface area contributed by atoms with Crippen molar-refractivity contribution >= 4 is 5.84 Å². The average Bonchev–Trinajstić information content (AvgIpc) is 2.50. The van der Waals surface area contributed by atoms with Gasteiger partial charge in [-0.1, -0.05) is 25.4 Å². The number of hydrogen-bond donors (Lipinski definition) is 3. The maximum absolute atomic E-state index is 8.72. The van der Waals surface area contributed by atoms with Crippen LogP contribution in [0.2, 0.25) is 0 Å². The van der Waals surface area contributed by atoms with Crippen LogP contribution in [0.4, 0.5) is 0 Å². The number of hydrogen-bond acceptors (Lipinski definition) is 5. The Morgan fingerprint density at radius 3 is 2.57 bits per heavy atom. The summed E-state index contributed by atoms with van der Waals surface area (Å²) in [7, 11) is 0. The minimum Gasteiger partial charge on any atom is -0.409 e. The molecule has 21 heavy (non-hydrogen) atoms. The molecule has 1 aliphatic heterocycles. The SMILES string of the molecule is CC(C)(CCCCNCCCN1CCOCC1)C(N)=NO. The second-order valence-electron chi connectivity index (χ2n) is 6.38. The molecule has 0 atom stereocenters. The van der Waals surface area contributed by atoms with Crippen LogP contribution in [0, 0.1) is 5.41 Å². The molecule has 0 aliphatic carbocycles. The summed E-state index contributed by atoms with van der Waals surface area (Å²) in [6, 6.07) is 0. The average molecular weight is 300 g/mol. The Labute approximate surface area is 128 Å². The third kappa shape index (κ3) is 7.64. The third-order valence-corrected chi connectivity index (χ3v) is 4.14. The monoisotopic (exact) mass is 300 g/mol. The summed E-state index contributed by atoms with van der Waals surface area (Å²) in [5.41, 5.74) is 5.46. The largest absolute Gasteiger partial charge is 0.409 e. The fourth-order valence-corrected chi connectivity index (χ4v) is 2.46. The molecule has 0 radical (unpaired) electrons. The smallest absolute Gasteiger partial charge is 0.144 e. The summed E-state index contributed by atoms with van der Waals surface area (Å²) in [6.45, 7) is 11.2. The number of rotatable bonds is 10. The molecular weight excluding hydrogens is 268 g/mol. The Morgan fingerprint density at radius 2 is 1.90 bits per heavy atom. The van der Waals surface area contributed by atoms with Crippen LogP contribution in [0.25, 0.3) is 0 Å². The van der Waals surface area contributed by atoms with Crippen molar-refractivity contribution in [3.05, 3.63) is 0 Å². The van der Waals surface area contributed by atoms with Gasteiger partial charge in [0, 0.05) is 18.5 Å². The van der Waals surface area contributed by atoms with Crippen molar-refractivity contribution in [2.45, 2.75) is 39.5 Å². The molecule has 4 N–H and O–H groups in total. The number of morpholine rings is 1. The minimum absolute atomic E-state index is 0.217. The van der Waals surface area contributed by atoms with Gasteiger partial charge in [0.15, 0.2) is 0 Å². The number of nitrogens with one attached hydrogen (secondary N) is 1. The first-order valence-corrected chi connectivity index (χ1v) is 8.05. The lowest BCUT2D eigenvalue weighted by Gasteiger charge is -2.26. The molecule has 1 saturated heterocycles. The second-order valence-corrected chi connectivity index (χ2v) is 6.38. The van der Waals surface area contributed by atoms with Gasteiger partial charge in [-0.15, -0.1) is 0 Å². The molecule has 0 unspecified atom stereocenters. The van der Waals surface area contributed by atoms with E-state index in [2.05, 4.69) is 15.4 Å². The van der Waals surface area contributed by atoms with Gasteiger partial charge in [0.25, 0.3) is 0 Å². The first-order chi connectivity index (χ1) is 10.1. The van der Waals surface area contributed by atoms with Crippen molar-refractivity contribution in [3.8, 4) is 0 Å². The van der Waals surface area contributed by atoms with Crippen molar-refractivity contribution in [1.29, 1.82) is 0 Å². The quantitative estimate of drug-likeness (QED) is 0.186. The van der Waals surface area contributed by atoms with Gasteiger partial charge in [-0.2, -0.15) is 0 Å². The van der Waals surface area contributed by atoms with Gasteiger partial charge in [-0.25, -0.2) is 0 Å². The van der Waals surface area contributed by atoms with Crippen LogP contribution in [0.15, 0.2) is 5.16 Å². The molecule has 0 amide bonds. The van der Waals surface area contributed by atoms with Crippen molar-refractivity contribution < 1.29 is 9.94 Å². The number of oxime groups is 1. The molecule has 0 saturated carbocycles. The van der Waals surface area contributed by atoms with Crippen LogP contribution in [0.3, 0.4) is 0 Å². The fourth-order valence-electron chi connectivity index (χ4n) is 2.46. The maximum atomic E-state index is 8.72. The number of nitrogens with two attached hydrogens (primary N) is 1. The predicted octanol–water partition coefficient (Wildman–Crippen LogP) is 1.24. The topological polar surface area (TPSA) is 83.1 Å². The van der Waals surface area contributed by atoms with Gasteiger partial charge in [0.1, 0.15) is 5.84 Å². The van der Waals surface area contributed by atoms with E-state index in [1.54, 1.807) is 0 Å². The van der Waals surface area contributed by atoms with Gasteiger partial charge >= 0.3 is 0 Å². The van der Waals surface area contributed by atoms with E-state index >= 15 is 0 Å². The summed E-state index contributed by atoms with van der Waals surface area (Å²) in [5.74, 6) is 0.320. The summed E-state index contributed by atoms with van der Waals surface area (Å²) in [4.78, 5) is 2.46. The fraction of sp³-hybridized carbons (Fsp3) is 0.933. The van der Waals surface area contributed by atoms with Gasteiger partial charge in [0.05, 0.1) is 13.2 Å². The van der Waals surface area contributed by atoms with E-state index < -0.39 is 0 Å². The molecule has 1 rings (SSSR count). The highest BCUT2D eigenvalue weighted by Crippen LogP contribution is 2.22. The molecule has 6 nitrogen and oxygen atoms in total. The Kier molecular flexibility index (Phi) is 8.64. The molecular formula is C15H32N4O2. The van der Waals surface area contributed by atoms with Gasteiger partial charge < -0.3 is 21.0 Å². The highest BCUT2D eigenvalue weighted by molar-refractivity contribution is 5.85. The maximum Gasteiger partial charge on any atom is 0.144 e. The van der Waals surface area contributed by atoms with E-state index in [4.69, 9.17) is 15.7 Å². The molecule has 0 bridgehead atoms. The van der Waals surface area contributed by atoms with Crippen molar-refractivity contribution in [2.75, 3.05) is 45.9 Å². The molecule has 6 heteroatoms. The first kappa shape index (κ1) is 18.2. The lowest BCUT2D eigenvalue weighted by Crippen LogP contribution is -2.37. The Morgan fingerprint density at radius 1 is 1.24 bits per heavy atom. The minimum atomic E-state index is -0.217. The van der Waals surface area contributed by atoms with Crippen LogP contribution in [-0.4, -0.2) is 61.9 Å². The first-order valence-electron chi connectivity index (χ1n) is 8.05. The molecule has 124 valence electrons. The second kappa shape index (κ2) is 9.97. The number of unbranched alkanes of at least 4 members (excludes halogenated alkanes) is 1. The van der Waals surface area contributed by atoms with Gasteiger partial charge in [-0.05, 0) is 38.9 Å². The zero-order valence-electron chi connectivity index (χ0n) is 13.6. The molecule has 1 aliphatic rings. The molecule has 1 heterocycles. The van der Waals surface area contributed by atoms with Crippen LogP contribution in [-0.2, 0) is 4.74 Å². The van der Waals surface area contributed by atoms with E-state index in [0.717, 1.165) is 65.2 Å². The summed E-state index contributed by atoms with van der Waals surface area (Å²) in [6.07, 6.45) is 4.34. The number of amidine groups is 1. The van der Waals surface area contributed by atoms with E-state index in [0.29, 0.717) is 5.84 Å². The highest BCUT2D eigenvalue weighted by Gasteiger charge is 2.22. The van der Waals surface area contributed by atoms with Crippen LogP contribution >= 0.6 is 0 Å².